The minimum atomic E-state index is -0.444. The van der Waals surface area contributed by atoms with E-state index >= 15 is 0 Å². The highest BCUT2D eigenvalue weighted by Gasteiger charge is 2.22. The third-order valence-electron chi connectivity index (χ3n) is 7.13. The minimum Gasteiger partial charge on any atom is -0.324 e. The topological polar surface area (TPSA) is 36.8 Å². The van der Waals surface area contributed by atoms with Gasteiger partial charge in [0.05, 0.1) is 0 Å². The van der Waals surface area contributed by atoms with Crippen molar-refractivity contribution in [3.05, 3.63) is 155 Å². The highest BCUT2D eigenvalue weighted by molar-refractivity contribution is 6.31. The third-order valence-corrected chi connectivity index (χ3v) is 7.35. The zero-order valence-electron chi connectivity index (χ0n) is 21.1. The summed E-state index contributed by atoms with van der Waals surface area (Å²) in [7, 11) is 0. The number of nitrogens with zero attached hydrogens (tertiary/aromatic N) is 2. The molecule has 0 fully saturated rings. The van der Waals surface area contributed by atoms with Crippen molar-refractivity contribution in [2.45, 2.75) is 6.17 Å². The molecular formula is C35H24ClN3. The molecule has 0 spiro atoms. The third kappa shape index (κ3) is 4.47. The number of amidine groups is 2. The van der Waals surface area contributed by atoms with Gasteiger partial charge in [-0.25, -0.2) is 9.98 Å². The lowest BCUT2D eigenvalue weighted by molar-refractivity contribution is 0.756. The molecule has 0 aliphatic carbocycles. The summed E-state index contributed by atoms with van der Waals surface area (Å²) in [5.74, 6) is 1.57. The van der Waals surface area contributed by atoms with E-state index < -0.39 is 6.17 Å². The molecule has 4 heteroatoms. The van der Waals surface area contributed by atoms with E-state index in [-0.39, 0.29) is 0 Å². The standard InChI is InChI=1S/C35H24ClN3/c36-28-20-26(32-22-25-15-7-8-16-29(25)30-17-9-10-18-31(30)32)19-27(21-28)35-38-33(23-11-3-1-4-12-23)37-34(39-35)24-13-5-2-6-14-24/h1-22,35H,(H,37,38,39). The van der Waals surface area contributed by atoms with Crippen molar-refractivity contribution < 1.29 is 0 Å². The molecular weight excluding hydrogens is 498 g/mol. The van der Waals surface area contributed by atoms with Gasteiger partial charge in [0.1, 0.15) is 11.7 Å². The second-order valence-corrected chi connectivity index (χ2v) is 10.1. The molecule has 0 aromatic heterocycles. The molecule has 1 aliphatic heterocycles. The molecule has 39 heavy (non-hydrogen) atoms. The summed E-state index contributed by atoms with van der Waals surface area (Å²) < 4.78 is 0. The van der Waals surface area contributed by atoms with E-state index in [0.717, 1.165) is 39.5 Å². The summed E-state index contributed by atoms with van der Waals surface area (Å²) in [6, 6.07) is 45.8. The maximum atomic E-state index is 6.78. The zero-order valence-corrected chi connectivity index (χ0v) is 21.8. The maximum Gasteiger partial charge on any atom is 0.169 e. The van der Waals surface area contributed by atoms with E-state index in [1.54, 1.807) is 0 Å². The number of rotatable bonds is 4. The van der Waals surface area contributed by atoms with E-state index in [1.807, 2.05) is 48.5 Å². The summed E-state index contributed by atoms with van der Waals surface area (Å²) in [6.45, 7) is 0. The van der Waals surface area contributed by atoms with Gasteiger partial charge in [0.15, 0.2) is 6.17 Å². The van der Waals surface area contributed by atoms with Crippen LogP contribution in [0.1, 0.15) is 22.9 Å². The molecule has 6 aromatic rings. The zero-order chi connectivity index (χ0) is 26.2. The number of nitrogens with one attached hydrogen (secondary N) is 1. The molecule has 0 radical (unpaired) electrons. The number of benzene rings is 6. The van der Waals surface area contributed by atoms with E-state index in [2.05, 4.69) is 90.2 Å². The summed E-state index contributed by atoms with van der Waals surface area (Å²) in [5, 5.41) is 8.97. The Morgan fingerprint density at radius 3 is 1.74 bits per heavy atom. The molecule has 0 amide bonds. The molecule has 0 saturated heterocycles. The van der Waals surface area contributed by atoms with Gasteiger partial charge in [-0.3, -0.25) is 0 Å². The Kier molecular flexibility index (Phi) is 5.92. The second-order valence-electron chi connectivity index (χ2n) is 9.65. The molecule has 3 nitrogen and oxygen atoms in total. The van der Waals surface area contributed by atoms with Gasteiger partial charge in [0.2, 0.25) is 0 Å². The van der Waals surface area contributed by atoms with Crippen molar-refractivity contribution in [1.29, 1.82) is 0 Å². The molecule has 0 unspecified atom stereocenters. The lowest BCUT2D eigenvalue weighted by Gasteiger charge is -2.23. The summed E-state index contributed by atoms with van der Waals surface area (Å²) in [4.78, 5) is 10.1. The molecule has 6 aromatic carbocycles. The van der Waals surface area contributed by atoms with Crippen molar-refractivity contribution >= 4 is 44.8 Å². The first-order valence-corrected chi connectivity index (χ1v) is 13.4. The van der Waals surface area contributed by atoms with Crippen LogP contribution in [0.5, 0.6) is 0 Å². The predicted molar refractivity (Wildman–Crippen MR) is 164 cm³/mol. The Bertz CT molecular complexity index is 1840. The number of halogens is 1. The van der Waals surface area contributed by atoms with Gasteiger partial charge >= 0.3 is 0 Å². The van der Waals surface area contributed by atoms with Crippen molar-refractivity contribution in [3.63, 3.8) is 0 Å². The van der Waals surface area contributed by atoms with E-state index in [0.29, 0.717) is 5.02 Å². The minimum absolute atomic E-state index is 0.444. The molecule has 0 bridgehead atoms. The highest BCUT2D eigenvalue weighted by atomic mass is 35.5. The SMILES string of the molecule is Clc1cc(-c2cc3ccccc3c3ccccc23)cc(C2N=C(c3ccccc3)NC(c3ccccc3)=N2)c1. The Morgan fingerprint density at radius 1 is 0.513 bits per heavy atom. The summed E-state index contributed by atoms with van der Waals surface area (Å²) >= 11 is 6.78. The monoisotopic (exact) mass is 521 g/mol. The average molecular weight is 522 g/mol. The summed E-state index contributed by atoms with van der Waals surface area (Å²) in [6.07, 6.45) is -0.444. The fourth-order valence-electron chi connectivity index (χ4n) is 5.29. The molecule has 7 rings (SSSR count). The summed E-state index contributed by atoms with van der Waals surface area (Å²) in [5.41, 5.74) is 5.15. The van der Waals surface area contributed by atoms with Crippen molar-refractivity contribution in [3.8, 4) is 11.1 Å². The van der Waals surface area contributed by atoms with Crippen LogP contribution < -0.4 is 5.32 Å². The van der Waals surface area contributed by atoms with Gasteiger partial charge < -0.3 is 5.32 Å². The smallest absolute Gasteiger partial charge is 0.169 e. The first-order valence-electron chi connectivity index (χ1n) is 13.0. The van der Waals surface area contributed by atoms with Crippen LogP contribution >= 0.6 is 11.6 Å². The Hall–Kier alpha value is -4.73. The van der Waals surface area contributed by atoms with Crippen LogP contribution in [0, 0.1) is 0 Å². The quantitative estimate of drug-likeness (QED) is 0.231. The van der Waals surface area contributed by atoms with Crippen LogP contribution in [0.2, 0.25) is 5.02 Å². The molecule has 1 heterocycles. The molecule has 0 atom stereocenters. The predicted octanol–water partition coefficient (Wildman–Crippen LogP) is 8.81. The van der Waals surface area contributed by atoms with Crippen LogP contribution in [0.25, 0.3) is 32.7 Å². The Labute approximate surface area is 232 Å². The van der Waals surface area contributed by atoms with E-state index in [9.17, 15) is 0 Å². The number of fused-ring (bicyclic) bond motifs is 3. The number of hydrogen-bond donors (Lipinski definition) is 1. The highest BCUT2D eigenvalue weighted by Crippen LogP contribution is 2.38. The molecule has 1 aliphatic rings. The lowest BCUT2D eigenvalue weighted by atomic mass is 9.92. The molecule has 1 N–H and O–H groups in total. The van der Waals surface area contributed by atoms with Gasteiger partial charge in [-0.05, 0) is 56.9 Å². The average Bonchev–Trinajstić information content (AvgIpc) is 3.01. The van der Waals surface area contributed by atoms with Crippen LogP contribution in [0.4, 0.5) is 0 Å². The fourth-order valence-corrected chi connectivity index (χ4v) is 5.54. The van der Waals surface area contributed by atoms with E-state index in [4.69, 9.17) is 21.6 Å². The van der Waals surface area contributed by atoms with Gasteiger partial charge in [-0.15, -0.1) is 0 Å². The van der Waals surface area contributed by atoms with Gasteiger partial charge in [0.25, 0.3) is 0 Å². The van der Waals surface area contributed by atoms with E-state index in [1.165, 1.54) is 21.5 Å². The molecule has 186 valence electrons. The van der Waals surface area contributed by atoms with Crippen LogP contribution in [-0.4, -0.2) is 11.7 Å². The van der Waals surface area contributed by atoms with Crippen LogP contribution in [0.3, 0.4) is 0 Å². The maximum absolute atomic E-state index is 6.78. The van der Waals surface area contributed by atoms with Crippen LogP contribution in [0.15, 0.2) is 143 Å². The van der Waals surface area contributed by atoms with Crippen molar-refractivity contribution in [2.24, 2.45) is 9.98 Å². The van der Waals surface area contributed by atoms with Crippen LogP contribution in [-0.2, 0) is 0 Å². The van der Waals surface area contributed by atoms with Gasteiger partial charge in [-0.2, -0.15) is 0 Å². The van der Waals surface area contributed by atoms with Crippen molar-refractivity contribution in [1.82, 2.24) is 5.32 Å². The Balaban J connectivity index is 1.40. The lowest BCUT2D eigenvalue weighted by Crippen LogP contribution is -2.36. The first-order chi connectivity index (χ1) is 19.2. The van der Waals surface area contributed by atoms with Crippen molar-refractivity contribution in [2.75, 3.05) is 0 Å². The largest absolute Gasteiger partial charge is 0.324 e. The Morgan fingerprint density at radius 2 is 1.08 bits per heavy atom. The second kappa shape index (κ2) is 9.86. The van der Waals surface area contributed by atoms with Gasteiger partial charge in [0, 0.05) is 21.7 Å². The number of hydrogen-bond acceptors (Lipinski definition) is 3. The normalized spacial score (nSPS) is 13.7. The number of aliphatic imine (C=N–C) groups is 2. The first kappa shape index (κ1) is 23.4. The molecule has 0 saturated carbocycles. The fraction of sp³-hybridized carbons (Fsp3) is 0.0286. The van der Waals surface area contributed by atoms with Gasteiger partial charge in [-0.1, -0.05) is 121 Å².